The molecule has 2 rings (SSSR count). The minimum Gasteiger partial charge on any atom is -0.496 e. The van der Waals surface area contributed by atoms with Crippen LogP contribution in [0.5, 0.6) is 5.75 Å². The highest BCUT2D eigenvalue weighted by Gasteiger charge is 2.35. The molecule has 1 aliphatic carbocycles. The standard InChI is InChI=1S/C16H25NO/c1-13-6-7-15(18-2)14(12-13)16(10-11-17)8-4-3-5-9-16/h6-7,12H,3-5,8-11,17H2,1-2H3. The molecule has 0 saturated heterocycles. The van der Waals surface area contributed by atoms with Gasteiger partial charge in [0.25, 0.3) is 0 Å². The van der Waals surface area contributed by atoms with E-state index in [0.29, 0.717) is 0 Å². The maximum atomic E-state index is 5.87. The van der Waals surface area contributed by atoms with Crippen LogP contribution in [0.2, 0.25) is 0 Å². The molecule has 1 fully saturated rings. The lowest BCUT2D eigenvalue weighted by Gasteiger charge is -2.38. The predicted octanol–water partition coefficient (Wildman–Crippen LogP) is 3.55. The van der Waals surface area contributed by atoms with Gasteiger partial charge in [0.1, 0.15) is 5.75 Å². The number of benzene rings is 1. The first-order chi connectivity index (χ1) is 8.72. The minimum atomic E-state index is 0.254. The molecule has 1 saturated carbocycles. The van der Waals surface area contributed by atoms with E-state index in [2.05, 4.69) is 25.1 Å². The number of aryl methyl sites for hydroxylation is 1. The zero-order chi connectivity index (χ0) is 13.0. The van der Waals surface area contributed by atoms with Crippen LogP contribution in [0.1, 0.15) is 49.7 Å². The number of methoxy groups -OCH3 is 1. The number of hydrogen-bond donors (Lipinski definition) is 1. The molecule has 1 aromatic carbocycles. The van der Waals surface area contributed by atoms with Crippen molar-refractivity contribution in [3.05, 3.63) is 29.3 Å². The highest BCUT2D eigenvalue weighted by Crippen LogP contribution is 2.45. The molecule has 2 nitrogen and oxygen atoms in total. The van der Waals surface area contributed by atoms with E-state index in [1.807, 2.05) is 0 Å². The first-order valence-electron chi connectivity index (χ1n) is 7.07. The highest BCUT2D eigenvalue weighted by molar-refractivity contribution is 5.42. The SMILES string of the molecule is COc1ccc(C)cc1C1(CCN)CCCCC1. The van der Waals surface area contributed by atoms with Gasteiger partial charge in [-0.05, 0) is 38.8 Å². The van der Waals surface area contributed by atoms with E-state index in [1.165, 1.54) is 43.2 Å². The molecule has 1 aromatic rings. The van der Waals surface area contributed by atoms with Gasteiger partial charge in [-0.15, -0.1) is 0 Å². The third-order valence-corrected chi connectivity index (χ3v) is 4.36. The molecule has 0 amide bonds. The number of nitrogens with two attached hydrogens (primary N) is 1. The molecule has 0 heterocycles. The summed E-state index contributed by atoms with van der Waals surface area (Å²) in [6, 6.07) is 6.54. The third kappa shape index (κ3) is 2.54. The van der Waals surface area contributed by atoms with Gasteiger partial charge in [0.15, 0.2) is 0 Å². The zero-order valence-electron chi connectivity index (χ0n) is 11.7. The van der Waals surface area contributed by atoms with Crippen LogP contribution in [0.4, 0.5) is 0 Å². The molecule has 2 heteroatoms. The summed E-state index contributed by atoms with van der Waals surface area (Å²) in [4.78, 5) is 0. The van der Waals surface area contributed by atoms with Gasteiger partial charge in [-0.25, -0.2) is 0 Å². The van der Waals surface area contributed by atoms with E-state index in [1.54, 1.807) is 7.11 Å². The summed E-state index contributed by atoms with van der Waals surface area (Å²) < 4.78 is 5.58. The van der Waals surface area contributed by atoms with Crippen LogP contribution in [-0.4, -0.2) is 13.7 Å². The second kappa shape index (κ2) is 5.75. The molecular formula is C16H25NO. The van der Waals surface area contributed by atoms with E-state index in [9.17, 15) is 0 Å². The summed E-state index contributed by atoms with van der Waals surface area (Å²) >= 11 is 0. The van der Waals surface area contributed by atoms with Gasteiger partial charge >= 0.3 is 0 Å². The maximum Gasteiger partial charge on any atom is 0.122 e. The van der Waals surface area contributed by atoms with Gasteiger partial charge in [-0.1, -0.05) is 37.0 Å². The van der Waals surface area contributed by atoms with Crippen molar-refractivity contribution >= 4 is 0 Å². The van der Waals surface area contributed by atoms with Crippen LogP contribution < -0.4 is 10.5 Å². The monoisotopic (exact) mass is 247 g/mol. The summed E-state index contributed by atoms with van der Waals surface area (Å²) in [7, 11) is 1.77. The molecular weight excluding hydrogens is 222 g/mol. The first kappa shape index (κ1) is 13.4. The Balaban J connectivity index is 2.43. The molecule has 0 bridgehead atoms. The first-order valence-corrected chi connectivity index (χ1v) is 7.07. The van der Waals surface area contributed by atoms with Crippen LogP contribution in [0.3, 0.4) is 0 Å². The molecule has 18 heavy (non-hydrogen) atoms. The second-order valence-corrected chi connectivity index (χ2v) is 5.58. The number of hydrogen-bond acceptors (Lipinski definition) is 2. The van der Waals surface area contributed by atoms with Crippen LogP contribution in [0.15, 0.2) is 18.2 Å². The summed E-state index contributed by atoms with van der Waals surface area (Å²) in [5, 5.41) is 0. The molecule has 0 unspecified atom stereocenters. The van der Waals surface area contributed by atoms with Gasteiger partial charge in [0.05, 0.1) is 7.11 Å². The molecule has 100 valence electrons. The largest absolute Gasteiger partial charge is 0.496 e. The fourth-order valence-electron chi connectivity index (χ4n) is 3.40. The van der Waals surface area contributed by atoms with E-state index >= 15 is 0 Å². The molecule has 2 N–H and O–H groups in total. The van der Waals surface area contributed by atoms with Crippen LogP contribution in [0, 0.1) is 6.92 Å². The highest BCUT2D eigenvalue weighted by atomic mass is 16.5. The van der Waals surface area contributed by atoms with Crippen molar-refractivity contribution in [2.45, 2.75) is 50.9 Å². The Hall–Kier alpha value is -1.02. The van der Waals surface area contributed by atoms with Crippen molar-refractivity contribution in [3.8, 4) is 5.75 Å². The lowest BCUT2D eigenvalue weighted by atomic mass is 9.67. The summed E-state index contributed by atoms with van der Waals surface area (Å²) in [5.74, 6) is 1.04. The van der Waals surface area contributed by atoms with Crippen molar-refractivity contribution in [3.63, 3.8) is 0 Å². The lowest BCUT2D eigenvalue weighted by molar-refractivity contribution is 0.267. The van der Waals surface area contributed by atoms with Gasteiger partial charge in [0.2, 0.25) is 0 Å². The Morgan fingerprint density at radius 1 is 1.22 bits per heavy atom. The number of rotatable bonds is 4. The van der Waals surface area contributed by atoms with E-state index in [0.717, 1.165) is 18.7 Å². The molecule has 0 atom stereocenters. The molecule has 0 aliphatic heterocycles. The zero-order valence-corrected chi connectivity index (χ0v) is 11.7. The minimum absolute atomic E-state index is 0.254. The summed E-state index contributed by atoms with van der Waals surface area (Å²) in [6.07, 6.45) is 7.58. The van der Waals surface area contributed by atoms with Crippen molar-refractivity contribution in [1.82, 2.24) is 0 Å². The lowest BCUT2D eigenvalue weighted by Crippen LogP contribution is -2.32. The summed E-state index contributed by atoms with van der Waals surface area (Å²) in [6.45, 7) is 2.92. The van der Waals surface area contributed by atoms with Crippen LogP contribution >= 0.6 is 0 Å². The average molecular weight is 247 g/mol. The van der Waals surface area contributed by atoms with Crippen molar-refractivity contribution in [2.75, 3.05) is 13.7 Å². The molecule has 0 spiro atoms. The van der Waals surface area contributed by atoms with Gasteiger partial charge in [0, 0.05) is 11.0 Å². The number of ether oxygens (including phenoxy) is 1. The van der Waals surface area contributed by atoms with E-state index in [-0.39, 0.29) is 5.41 Å². The maximum absolute atomic E-state index is 5.87. The topological polar surface area (TPSA) is 35.2 Å². The quantitative estimate of drug-likeness (QED) is 0.883. The third-order valence-electron chi connectivity index (χ3n) is 4.36. The Bertz CT molecular complexity index is 389. The smallest absolute Gasteiger partial charge is 0.122 e. The predicted molar refractivity (Wildman–Crippen MR) is 76.2 cm³/mol. The van der Waals surface area contributed by atoms with Crippen molar-refractivity contribution < 1.29 is 4.74 Å². The fraction of sp³-hybridized carbons (Fsp3) is 0.625. The Labute approximate surface area is 111 Å². The Morgan fingerprint density at radius 3 is 2.56 bits per heavy atom. The Morgan fingerprint density at radius 2 is 1.94 bits per heavy atom. The molecule has 1 aliphatic rings. The Kier molecular flexibility index (Phi) is 4.28. The van der Waals surface area contributed by atoms with Crippen molar-refractivity contribution in [2.24, 2.45) is 5.73 Å². The van der Waals surface area contributed by atoms with Crippen LogP contribution in [-0.2, 0) is 5.41 Å². The molecule has 0 aromatic heterocycles. The second-order valence-electron chi connectivity index (χ2n) is 5.58. The average Bonchev–Trinajstić information content (AvgIpc) is 2.40. The van der Waals surface area contributed by atoms with Gasteiger partial charge in [-0.2, -0.15) is 0 Å². The molecule has 0 radical (unpaired) electrons. The van der Waals surface area contributed by atoms with Crippen LogP contribution in [0.25, 0.3) is 0 Å². The van der Waals surface area contributed by atoms with Crippen molar-refractivity contribution in [1.29, 1.82) is 0 Å². The van der Waals surface area contributed by atoms with Gasteiger partial charge < -0.3 is 10.5 Å². The van der Waals surface area contributed by atoms with E-state index in [4.69, 9.17) is 10.5 Å². The fourth-order valence-corrected chi connectivity index (χ4v) is 3.40. The normalized spacial score (nSPS) is 18.6. The summed E-state index contributed by atoms with van der Waals surface area (Å²) in [5.41, 5.74) is 8.82. The van der Waals surface area contributed by atoms with E-state index < -0.39 is 0 Å². The van der Waals surface area contributed by atoms with Gasteiger partial charge in [-0.3, -0.25) is 0 Å².